The van der Waals surface area contributed by atoms with Crippen LogP contribution in [0.25, 0.3) is 17.1 Å². The van der Waals surface area contributed by atoms with Gasteiger partial charge in [0.05, 0.1) is 5.69 Å². The number of pyridine rings is 1. The number of aromatic nitrogens is 7. The molecule has 0 aliphatic carbocycles. The maximum absolute atomic E-state index is 13.0. The van der Waals surface area contributed by atoms with E-state index >= 15 is 0 Å². The summed E-state index contributed by atoms with van der Waals surface area (Å²) < 4.78 is 6.81. The van der Waals surface area contributed by atoms with E-state index < -0.39 is 0 Å². The summed E-state index contributed by atoms with van der Waals surface area (Å²) in [5.41, 5.74) is 2.17. The molecule has 1 aliphatic heterocycles. The molecule has 11 heteroatoms. The van der Waals surface area contributed by atoms with Gasteiger partial charge in [-0.3, -0.25) is 4.79 Å². The minimum absolute atomic E-state index is 0.00838. The van der Waals surface area contributed by atoms with Crippen molar-refractivity contribution in [2.45, 2.75) is 19.8 Å². The fraction of sp³-hybridized carbons (Fsp3) is 0.318. The molecule has 0 bridgehead atoms. The molecule has 0 atom stereocenters. The van der Waals surface area contributed by atoms with Gasteiger partial charge < -0.3 is 14.3 Å². The second-order valence-corrected chi connectivity index (χ2v) is 8.10. The van der Waals surface area contributed by atoms with E-state index in [0.717, 1.165) is 17.1 Å². The molecule has 1 aliphatic rings. The van der Waals surface area contributed by atoms with E-state index in [9.17, 15) is 4.79 Å². The van der Waals surface area contributed by atoms with Crippen molar-refractivity contribution in [1.82, 2.24) is 40.2 Å². The van der Waals surface area contributed by atoms with E-state index in [0.29, 0.717) is 43.5 Å². The number of hydrogen-bond acceptors (Lipinski definition) is 9. The monoisotopic (exact) mass is 445 g/mol. The van der Waals surface area contributed by atoms with Gasteiger partial charge in [-0.05, 0) is 40.8 Å². The highest BCUT2D eigenvalue weighted by Crippen LogP contribution is 2.22. The highest BCUT2D eigenvalue weighted by atomic mass is 16.5. The fourth-order valence-corrected chi connectivity index (χ4v) is 3.67. The van der Waals surface area contributed by atoms with Crippen LogP contribution in [0.4, 0.5) is 5.82 Å². The van der Waals surface area contributed by atoms with Gasteiger partial charge in [-0.25, -0.2) is 9.67 Å². The molecule has 168 valence electrons. The summed E-state index contributed by atoms with van der Waals surface area (Å²) in [6, 6.07) is 11.2. The van der Waals surface area contributed by atoms with E-state index in [4.69, 9.17) is 4.52 Å². The Morgan fingerprint density at radius 2 is 1.94 bits per heavy atom. The standard InChI is InChI=1S/C22H23N9O2/c1-15(2)21-25-20(26-33-21)17-6-7-19(23-13-17)29-8-10-30(11-9-29)22(32)16-4-3-5-18(12-16)31-14-24-27-28-31/h3-7,12-15H,8-11H2,1-2H3. The minimum atomic E-state index is -0.00838. The van der Waals surface area contributed by atoms with Crippen LogP contribution in [0.2, 0.25) is 0 Å². The molecule has 1 saturated heterocycles. The van der Waals surface area contributed by atoms with Crippen molar-refractivity contribution in [1.29, 1.82) is 0 Å². The molecule has 11 nitrogen and oxygen atoms in total. The molecular formula is C22H23N9O2. The molecule has 0 spiro atoms. The van der Waals surface area contributed by atoms with Crippen molar-refractivity contribution in [3.05, 3.63) is 60.4 Å². The van der Waals surface area contributed by atoms with Crippen molar-refractivity contribution in [3.63, 3.8) is 0 Å². The Hall–Kier alpha value is -4.15. The average molecular weight is 445 g/mol. The topological polar surface area (TPSA) is 119 Å². The summed E-state index contributed by atoms with van der Waals surface area (Å²) in [6.45, 7) is 6.64. The second kappa shape index (κ2) is 8.77. The largest absolute Gasteiger partial charge is 0.353 e. The van der Waals surface area contributed by atoms with Crippen LogP contribution >= 0.6 is 0 Å². The number of nitrogens with zero attached hydrogens (tertiary/aromatic N) is 9. The Morgan fingerprint density at radius 1 is 1.09 bits per heavy atom. The van der Waals surface area contributed by atoms with Gasteiger partial charge in [0.15, 0.2) is 0 Å². The van der Waals surface area contributed by atoms with Gasteiger partial charge in [-0.1, -0.05) is 25.1 Å². The first-order chi connectivity index (χ1) is 16.1. The van der Waals surface area contributed by atoms with Crippen LogP contribution in [0.3, 0.4) is 0 Å². The highest BCUT2D eigenvalue weighted by molar-refractivity contribution is 5.95. The summed E-state index contributed by atoms with van der Waals surface area (Å²) in [5, 5.41) is 15.2. The third-order valence-electron chi connectivity index (χ3n) is 5.54. The zero-order valence-electron chi connectivity index (χ0n) is 18.4. The van der Waals surface area contributed by atoms with Gasteiger partial charge in [-0.2, -0.15) is 4.98 Å². The Bertz CT molecular complexity index is 1230. The first-order valence-electron chi connectivity index (χ1n) is 10.8. The summed E-state index contributed by atoms with van der Waals surface area (Å²) in [6.07, 6.45) is 3.26. The zero-order chi connectivity index (χ0) is 22.8. The molecule has 1 amide bonds. The van der Waals surface area contributed by atoms with Crippen LogP contribution in [0, 0.1) is 0 Å². The van der Waals surface area contributed by atoms with E-state index in [-0.39, 0.29) is 11.8 Å². The highest BCUT2D eigenvalue weighted by Gasteiger charge is 2.23. The molecule has 4 aromatic rings. The molecule has 0 unspecified atom stereocenters. The smallest absolute Gasteiger partial charge is 0.254 e. The summed E-state index contributed by atoms with van der Waals surface area (Å²) >= 11 is 0. The molecule has 5 rings (SSSR count). The molecule has 4 heterocycles. The van der Waals surface area contributed by atoms with E-state index in [1.54, 1.807) is 12.3 Å². The van der Waals surface area contributed by atoms with Crippen LogP contribution in [-0.2, 0) is 0 Å². The molecule has 0 saturated carbocycles. The Labute approximate surface area is 190 Å². The SMILES string of the molecule is CC(C)c1nc(-c2ccc(N3CCN(C(=O)c4cccc(-n5cnnn5)c4)CC3)nc2)no1. The van der Waals surface area contributed by atoms with Crippen LogP contribution in [0.5, 0.6) is 0 Å². The lowest BCUT2D eigenvalue weighted by Crippen LogP contribution is -2.49. The summed E-state index contributed by atoms with van der Waals surface area (Å²) in [4.78, 5) is 26.0. The normalized spacial score (nSPS) is 14.2. The van der Waals surface area contributed by atoms with Crippen molar-refractivity contribution in [3.8, 4) is 17.1 Å². The van der Waals surface area contributed by atoms with E-state index in [2.05, 4.69) is 35.5 Å². The number of benzene rings is 1. The van der Waals surface area contributed by atoms with Crippen molar-refractivity contribution in [2.75, 3.05) is 31.1 Å². The number of tetrazole rings is 1. The van der Waals surface area contributed by atoms with Gasteiger partial charge in [0.25, 0.3) is 5.91 Å². The number of carbonyl (C=O) groups is 1. The molecule has 3 aromatic heterocycles. The maximum atomic E-state index is 13.0. The second-order valence-electron chi connectivity index (χ2n) is 8.10. The molecular weight excluding hydrogens is 422 g/mol. The summed E-state index contributed by atoms with van der Waals surface area (Å²) in [7, 11) is 0. The Kier molecular flexibility index (Phi) is 5.51. The lowest BCUT2D eigenvalue weighted by molar-refractivity contribution is 0.0746. The molecule has 1 fully saturated rings. The minimum Gasteiger partial charge on any atom is -0.353 e. The van der Waals surface area contributed by atoms with Crippen LogP contribution < -0.4 is 4.90 Å². The molecule has 1 aromatic carbocycles. The average Bonchev–Trinajstić information content (AvgIpc) is 3.57. The predicted octanol–water partition coefficient (Wildman–Crippen LogP) is 2.19. The fourth-order valence-electron chi connectivity index (χ4n) is 3.67. The van der Waals surface area contributed by atoms with Gasteiger partial charge in [0.1, 0.15) is 12.1 Å². The van der Waals surface area contributed by atoms with Crippen molar-refractivity contribution < 1.29 is 9.32 Å². The zero-order valence-corrected chi connectivity index (χ0v) is 18.4. The van der Waals surface area contributed by atoms with Crippen molar-refractivity contribution >= 4 is 11.7 Å². The van der Waals surface area contributed by atoms with Crippen molar-refractivity contribution in [2.24, 2.45) is 0 Å². The van der Waals surface area contributed by atoms with Crippen LogP contribution in [-0.4, -0.2) is 72.3 Å². The molecule has 33 heavy (non-hydrogen) atoms. The van der Waals surface area contributed by atoms with Gasteiger partial charge >= 0.3 is 0 Å². The molecule has 0 N–H and O–H groups in total. The number of anilines is 1. The Morgan fingerprint density at radius 3 is 2.61 bits per heavy atom. The van der Waals surface area contributed by atoms with Gasteiger partial charge in [0.2, 0.25) is 11.7 Å². The lowest BCUT2D eigenvalue weighted by Gasteiger charge is -2.35. The number of hydrogen-bond donors (Lipinski definition) is 0. The quantitative estimate of drug-likeness (QED) is 0.455. The van der Waals surface area contributed by atoms with Gasteiger partial charge in [-0.15, -0.1) is 5.10 Å². The summed E-state index contributed by atoms with van der Waals surface area (Å²) in [5.74, 6) is 2.18. The Balaban J connectivity index is 1.22. The predicted molar refractivity (Wildman–Crippen MR) is 119 cm³/mol. The number of carbonyl (C=O) groups excluding carboxylic acids is 1. The third-order valence-corrected chi connectivity index (χ3v) is 5.54. The van der Waals surface area contributed by atoms with E-state index in [1.807, 2.05) is 49.1 Å². The first-order valence-corrected chi connectivity index (χ1v) is 10.8. The first kappa shape index (κ1) is 20.7. The van der Waals surface area contributed by atoms with Crippen LogP contribution in [0.15, 0.2) is 53.4 Å². The van der Waals surface area contributed by atoms with Gasteiger partial charge in [0, 0.05) is 49.4 Å². The number of amides is 1. The van der Waals surface area contributed by atoms with E-state index in [1.165, 1.54) is 11.0 Å². The molecule has 0 radical (unpaired) electrons. The number of piperazine rings is 1. The maximum Gasteiger partial charge on any atom is 0.254 e. The lowest BCUT2D eigenvalue weighted by atomic mass is 10.1. The number of rotatable bonds is 5. The third kappa shape index (κ3) is 4.29. The van der Waals surface area contributed by atoms with Crippen LogP contribution in [0.1, 0.15) is 36.0 Å².